The monoisotopic (exact) mass is 386 g/mol. The van der Waals surface area contributed by atoms with Gasteiger partial charge in [0.15, 0.2) is 0 Å². The van der Waals surface area contributed by atoms with Gasteiger partial charge in [0.05, 0.1) is 22.2 Å². The molecule has 0 saturated carbocycles. The van der Waals surface area contributed by atoms with Crippen LogP contribution < -0.4 is 5.32 Å². The first-order valence-corrected chi connectivity index (χ1v) is 8.72. The molecule has 3 rings (SSSR count). The van der Waals surface area contributed by atoms with Crippen molar-refractivity contribution in [2.45, 2.75) is 13.0 Å². The molecule has 1 aromatic heterocycles. The van der Waals surface area contributed by atoms with Crippen LogP contribution in [0.3, 0.4) is 0 Å². The predicted octanol–water partition coefficient (Wildman–Crippen LogP) is 5.42. The number of hydrogen-bond donors (Lipinski definition) is 1. The van der Waals surface area contributed by atoms with Gasteiger partial charge in [0, 0.05) is 23.6 Å². The van der Waals surface area contributed by atoms with Gasteiger partial charge >= 0.3 is 5.97 Å². The number of nitrogens with zero attached hydrogens (tertiary/aromatic N) is 1. The minimum absolute atomic E-state index is 0.130. The lowest BCUT2D eigenvalue weighted by Gasteiger charge is -2.14. The minimum atomic E-state index is -0.326. The number of aromatic nitrogens is 1. The summed E-state index contributed by atoms with van der Waals surface area (Å²) in [6.07, 6.45) is 3.47. The van der Waals surface area contributed by atoms with Gasteiger partial charge in [0.2, 0.25) is 0 Å². The van der Waals surface area contributed by atoms with Crippen LogP contribution in [0.2, 0.25) is 10.0 Å². The molecule has 0 radical (unpaired) electrons. The van der Waals surface area contributed by atoms with E-state index in [4.69, 9.17) is 27.9 Å². The highest BCUT2D eigenvalue weighted by atomic mass is 35.5. The Labute approximate surface area is 161 Å². The zero-order valence-corrected chi connectivity index (χ0v) is 15.3. The number of carbonyl (C=O) groups is 1. The topological polar surface area (TPSA) is 51.2 Å². The van der Waals surface area contributed by atoms with Crippen molar-refractivity contribution >= 4 is 40.5 Å². The number of esters is 1. The van der Waals surface area contributed by atoms with E-state index in [1.807, 2.05) is 30.3 Å². The molecule has 0 spiro atoms. The van der Waals surface area contributed by atoms with Crippen LogP contribution in [0.4, 0.5) is 11.4 Å². The Kier molecular flexibility index (Phi) is 6.10. The second-order valence-electron chi connectivity index (χ2n) is 5.58. The van der Waals surface area contributed by atoms with Gasteiger partial charge in [0.25, 0.3) is 0 Å². The highest BCUT2D eigenvalue weighted by molar-refractivity contribution is 6.39. The van der Waals surface area contributed by atoms with Crippen molar-refractivity contribution in [2.75, 3.05) is 5.32 Å². The Balaban J connectivity index is 1.70. The summed E-state index contributed by atoms with van der Waals surface area (Å²) in [5.74, 6) is -0.326. The fourth-order valence-corrected chi connectivity index (χ4v) is 2.89. The number of para-hydroxylation sites is 2. The van der Waals surface area contributed by atoms with Crippen molar-refractivity contribution in [2.24, 2.45) is 0 Å². The number of rotatable bonds is 6. The zero-order chi connectivity index (χ0) is 18.4. The first kappa shape index (κ1) is 18.2. The largest absolute Gasteiger partial charge is 0.460 e. The summed E-state index contributed by atoms with van der Waals surface area (Å²) >= 11 is 12.4. The number of pyridine rings is 1. The van der Waals surface area contributed by atoms with E-state index in [2.05, 4.69) is 10.3 Å². The van der Waals surface area contributed by atoms with Crippen molar-refractivity contribution in [3.05, 3.63) is 88.2 Å². The van der Waals surface area contributed by atoms with E-state index in [1.165, 1.54) is 0 Å². The number of benzene rings is 2. The van der Waals surface area contributed by atoms with Gasteiger partial charge in [-0.2, -0.15) is 0 Å². The van der Waals surface area contributed by atoms with Crippen LogP contribution in [0, 0.1) is 0 Å². The third-order valence-electron chi connectivity index (χ3n) is 3.70. The van der Waals surface area contributed by atoms with E-state index in [0.717, 1.165) is 16.8 Å². The lowest BCUT2D eigenvalue weighted by atomic mass is 10.1. The number of halogens is 2. The highest BCUT2D eigenvalue weighted by Crippen LogP contribution is 2.33. The molecule has 6 heteroatoms. The first-order valence-electron chi connectivity index (χ1n) is 7.97. The van der Waals surface area contributed by atoms with E-state index in [0.29, 0.717) is 15.7 Å². The lowest BCUT2D eigenvalue weighted by molar-refractivity contribution is -0.144. The van der Waals surface area contributed by atoms with Gasteiger partial charge in [-0.25, -0.2) is 0 Å². The molecule has 0 saturated heterocycles. The predicted molar refractivity (Wildman–Crippen MR) is 104 cm³/mol. The fraction of sp³-hybridized carbons (Fsp3) is 0.100. The molecule has 0 amide bonds. The lowest BCUT2D eigenvalue weighted by Crippen LogP contribution is -2.09. The van der Waals surface area contributed by atoms with Gasteiger partial charge in [-0.3, -0.25) is 9.78 Å². The molecule has 4 nitrogen and oxygen atoms in total. The quantitative estimate of drug-likeness (QED) is 0.574. The smallest absolute Gasteiger partial charge is 0.310 e. The fourth-order valence-electron chi connectivity index (χ4n) is 2.40. The Morgan fingerprint density at radius 1 is 1.00 bits per heavy atom. The van der Waals surface area contributed by atoms with Gasteiger partial charge in [-0.1, -0.05) is 53.5 Å². The average molecular weight is 387 g/mol. The van der Waals surface area contributed by atoms with Crippen LogP contribution in [-0.2, 0) is 22.6 Å². The third kappa shape index (κ3) is 4.75. The Bertz CT molecular complexity index is 881. The van der Waals surface area contributed by atoms with Crippen LogP contribution in [-0.4, -0.2) is 11.0 Å². The Hall–Kier alpha value is -2.56. The normalized spacial score (nSPS) is 10.4. The average Bonchev–Trinajstić information content (AvgIpc) is 2.65. The van der Waals surface area contributed by atoms with Gasteiger partial charge in [-0.15, -0.1) is 0 Å². The molecular weight excluding hydrogens is 371 g/mol. The molecule has 26 heavy (non-hydrogen) atoms. The van der Waals surface area contributed by atoms with Crippen LogP contribution in [0.15, 0.2) is 67.0 Å². The van der Waals surface area contributed by atoms with E-state index < -0.39 is 0 Å². The number of nitrogens with one attached hydrogen (secondary N) is 1. The molecule has 0 bridgehead atoms. The van der Waals surface area contributed by atoms with Gasteiger partial charge in [0.1, 0.15) is 6.61 Å². The van der Waals surface area contributed by atoms with E-state index in [-0.39, 0.29) is 19.0 Å². The second kappa shape index (κ2) is 8.70. The van der Waals surface area contributed by atoms with Crippen LogP contribution in [0.5, 0.6) is 0 Å². The Morgan fingerprint density at radius 3 is 2.50 bits per heavy atom. The number of ether oxygens (including phenoxy) is 1. The maximum Gasteiger partial charge on any atom is 0.310 e. The maximum atomic E-state index is 12.2. The van der Waals surface area contributed by atoms with Crippen LogP contribution in [0.25, 0.3) is 0 Å². The van der Waals surface area contributed by atoms with Crippen molar-refractivity contribution in [1.29, 1.82) is 0 Å². The molecule has 0 aliphatic carbocycles. The SMILES string of the molecule is O=C(Cc1ccccc1Nc1c(Cl)cccc1Cl)OCc1cccnc1. The van der Waals surface area contributed by atoms with E-state index in [9.17, 15) is 4.79 Å². The summed E-state index contributed by atoms with van der Waals surface area (Å²) in [6, 6.07) is 16.4. The zero-order valence-electron chi connectivity index (χ0n) is 13.8. The van der Waals surface area contributed by atoms with Crippen LogP contribution >= 0.6 is 23.2 Å². The molecule has 0 atom stereocenters. The molecule has 0 fully saturated rings. The highest BCUT2D eigenvalue weighted by Gasteiger charge is 2.12. The standard InChI is InChI=1S/C20H16Cl2N2O2/c21-16-7-3-8-17(22)20(16)24-18-9-2-1-6-15(18)11-19(25)26-13-14-5-4-10-23-12-14/h1-10,12,24H,11,13H2. The van der Waals surface area contributed by atoms with Crippen molar-refractivity contribution in [3.8, 4) is 0 Å². The van der Waals surface area contributed by atoms with Crippen molar-refractivity contribution in [1.82, 2.24) is 4.98 Å². The second-order valence-corrected chi connectivity index (χ2v) is 6.39. The molecule has 132 valence electrons. The van der Waals surface area contributed by atoms with Gasteiger partial charge < -0.3 is 10.1 Å². The minimum Gasteiger partial charge on any atom is -0.460 e. The maximum absolute atomic E-state index is 12.2. The van der Waals surface area contributed by atoms with Crippen LogP contribution in [0.1, 0.15) is 11.1 Å². The molecule has 0 aliphatic rings. The number of carbonyl (C=O) groups excluding carboxylic acids is 1. The number of anilines is 2. The summed E-state index contributed by atoms with van der Waals surface area (Å²) in [7, 11) is 0. The molecule has 1 N–H and O–H groups in total. The summed E-state index contributed by atoms with van der Waals surface area (Å²) in [6.45, 7) is 0.193. The summed E-state index contributed by atoms with van der Waals surface area (Å²) in [4.78, 5) is 16.2. The van der Waals surface area contributed by atoms with E-state index in [1.54, 1.807) is 36.7 Å². The molecule has 3 aromatic rings. The molecular formula is C20H16Cl2N2O2. The first-order chi connectivity index (χ1) is 12.6. The molecule has 1 heterocycles. The molecule has 2 aromatic carbocycles. The number of hydrogen-bond acceptors (Lipinski definition) is 4. The summed E-state index contributed by atoms with van der Waals surface area (Å²) < 4.78 is 5.33. The van der Waals surface area contributed by atoms with Gasteiger partial charge in [-0.05, 0) is 29.8 Å². The summed E-state index contributed by atoms with van der Waals surface area (Å²) in [5.41, 5.74) is 2.99. The summed E-state index contributed by atoms with van der Waals surface area (Å²) in [5, 5.41) is 4.22. The molecule has 0 unspecified atom stereocenters. The van der Waals surface area contributed by atoms with E-state index >= 15 is 0 Å². The molecule has 0 aliphatic heterocycles. The van der Waals surface area contributed by atoms with Crippen molar-refractivity contribution < 1.29 is 9.53 Å². The van der Waals surface area contributed by atoms with Crippen molar-refractivity contribution in [3.63, 3.8) is 0 Å². The Morgan fingerprint density at radius 2 is 1.77 bits per heavy atom. The third-order valence-corrected chi connectivity index (χ3v) is 4.33.